The van der Waals surface area contributed by atoms with Crippen molar-refractivity contribution in [1.29, 1.82) is 0 Å². The standard InChI is InChI=1S/C12H12BrN3O2/c13-10-7-14-11(16-10)9(15-12(17)18)6-8-4-2-1-3-5-8/h1-5,7,9,15H,6H2,(H,14,16)(H,17,18). The number of H-pyrrole nitrogens is 1. The highest BCUT2D eigenvalue weighted by Gasteiger charge is 2.17. The number of hydrogen-bond acceptors (Lipinski definition) is 2. The van der Waals surface area contributed by atoms with Crippen LogP contribution < -0.4 is 5.32 Å². The first-order valence-corrected chi connectivity index (χ1v) is 6.18. The highest BCUT2D eigenvalue weighted by atomic mass is 79.9. The number of benzene rings is 1. The molecule has 1 atom stereocenters. The number of nitrogens with one attached hydrogen (secondary N) is 2. The number of rotatable bonds is 4. The molecule has 1 aromatic heterocycles. The molecule has 1 heterocycles. The zero-order chi connectivity index (χ0) is 13.0. The first-order chi connectivity index (χ1) is 8.65. The summed E-state index contributed by atoms with van der Waals surface area (Å²) in [5.74, 6) is 0.591. The number of nitrogens with zero attached hydrogens (tertiary/aromatic N) is 1. The number of carboxylic acid groups (broad SMARTS) is 1. The molecule has 18 heavy (non-hydrogen) atoms. The van der Waals surface area contributed by atoms with Crippen molar-refractivity contribution in [3.8, 4) is 0 Å². The summed E-state index contributed by atoms with van der Waals surface area (Å²) in [4.78, 5) is 18.0. The van der Waals surface area contributed by atoms with Gasteiger partial charge >= 0.3 is 6.09 Å². The Balaban J connectivity index is 2.18. The molecule has 5 nitrogen and oxygen atoms in total. The van der Waals surface area contributed by atoms with E-state index in [1.165, 1.54) is 0 Å². The average molecular weight is 310 g/mol. The normalized spacial score (nSPS) is 12.1. The Bertz CT molecular complexity index is 527. The summed E-state index contributed by atoms with van der Waals surface area (Å²) in [5, 5.41) is 11.3. The molecule has 1 aromatic carbocycles. The summed E-state index contributed by atoms with van der Waals surface area (Å²) in [6, 6.07) is 9.28. The van der Waals surface area contributed by atoms with E-state index in [-0.39, 0.29) is 0 Å². The Morgan fingerprint density at radius 3 is 2.72 bits per heavy atom. The number of carbonyl (C=O) groups is 1. The van der Waals surface area contributed by atoms with Gasteiger partial charge in [-0.05, 0) is 21.5 Å². The van der Waals surface area contributed by atoms with Crippen LogP contribution in [0.5, 0.6) is 0 Å². The Labute approximate surface area is 112 Å². The van der Waals surface area contributed by atoms with Crippen molar-refractivity contribution in [2.45, 2.75) is 12.5 Å². The second-order valence-corrected chi connectivity index (χ2v) is 4.61. The van der Waals surface area contributed by atoms with Gasteiger partial charge in [0.1, 0.15) is 10.4 Å². The summed E-state index contributed by atoms with van der Waals surface area (Å²) in [5.41, 5.74) is 1.05. The van der Waals surface area contributed by atoms with E-state index < -0.39 is 12.1 Å². The number of halogens is 1. The summed E-state index contributed by atoms with van der Waals surface area (Å²) in [6.07, 6.45) is 1.16. The van der Waals surface area contributed by atoms with Crippen LogP contribution in [0.3, 0.4) is 0 Å². The second kappa shape index (κ2) is 5.68. The molecule has 2 rings (SSSR count). The molecule has 0 spiro atoms. The van der Waals surface area contributed by atoms with Gasteiger partial charge in [0.05, 0.1) is 6.04 Å². The lowest BCUT2D eigenvalue weighted by atomic mass is 10.1. The molecule has 0 aliphatic carbocycles. The molecule has 3 N–H and O–H groups in total. The van der Waals surface area contributed by atoms with Crippen molar-refractivity contribution >= 4 is 22.0 Å². The van der Waals surface area contributed by atoms with Gasteiger partial charge in [-0.3, -0.25) is 0 Å². The monoisotopic (exact) mass is 309 g/mol. The lowest BCUT2D eigenvalue weighted by Crippen LogP contribution is -2.29. The number of hydrogen-bond donors (Lipinski definition) is 3. The maximum Gasteiger partial charge on any atom is 0.405 e. The third kappa shape index (κ3) is 3.33. The van der Waals surface area contributed by atoms with Crippen LogP contribution in [0.25, 0.3) is 0 Å². The van der Waals surface area contributed by atoms with Gasteiger partial charge in [0.25, 0.3) is 0 Å². The zero-order valence-electron chi connectivity index (χ0n) is 9.43. The van der Waals surface area contributed by atoms with E-state index >= 15 is 0 Å². The predicted molar refractivity (Wildman–Crippen MR) is 70.3 cm³/mol. The van der Waals surface area contributed by atoms with Crippen LogP contribution in [0.1, 0.15) is 17.4 Å². The Kier molecular flexibility index (Phi) is 3.99. The fourth-order valence-electron chi connectivity index (χ4n) is 1.71. The van der Waals surface area contributed by atoms with Crippen LogP contribution >= 0.6 is 15.9 Å². The summed E-state index contributed by atoms with van der Waals surface area (Å²) in [6.45, 7) is 0. The van der Waals surface area contributed by atoms with Gasteiger partial charge in [-0.1, -0.05) is 30.3 Å². The van der Waals surface area contributed by atoms with Gasteiger partial charge in [-0.2, -0.15) is 0 Å². The van der Waals surface area contributed by atoms with E-state index in [9.17, 15) is 4.79 Å². The largest absolute Gasteiger partial charge is 0.465 e. The first kappa shape index (κ1) is 12.6. The minimum atomic E-state index is -1.07. The maximum absolute atomic E-state index is 10.8. The van der Waals surface area contributed by atoms with E-state index in [4.69, 9.17) is 5.11 Å². The molecule has 0 fully saturated rings. The summed E-state index contributed by atoms with van der Waals surface area (Å²) < 4.78 is 0.655. The number of amides is 1. The van der Waals surface area contributed by atoms with Crippen LogP contribution in [0.2, 0.25) is 0 Å². The molecule has 0 aliphatic rings. The molecular formula is C12H12BrN3O2. The van der Waals surface area contributed by atoms with Gasteiger partial charge in [-0.25, -0.2) is 9.78 Å². The predicted octanol–water partition coefficient (Wildman–Crippen LogP) is 2.72. The fourth-order valence-corrected chi connectivity index (χ4v) is 2.01. The van der Waals surface area contributed by atoms with Crippen molar-refractivity contribution in [3.05, 3.63) is 52.5 Å². The smallest absolute Gasteiger partial charge is 0.405 e. The van der Waals surface area contributed by atoms with Gasteiger partial charge in [0, 0.05) is 12.6 Å². The molecule has 0 aliphatic heterocycles. The molecule has 0 radical (unpaired) electrons. The van der Waals surface area contributed by atoms with E-state index in [1.54, 1.807) is 6.20 Å². The quantitative estimate of drug-likeness (QED) is 0.812. The number of aromatic nitrogens is 2. The Morgan fingerprint density at radius 1 is 1.44 bits per heavy atom. The van der Waals surface area contributed by atoms with Crippen LogP contribution in [-0.4, -0.2) is 21.2 Å². The van der Waals surface area contributed by atoms with E-state index in [0.29, 0.717) is 16.8 Å². The second-order valence-electron chi connectivity index (χ2n) is 3.80. The first-order valence-electron chi connectivity index (χ1n) is 5.39. The molecule has 1 amide bonds. The van der Waals surface area contributed by atoms with Crippen LogP contribution in [0.4, 0.5) is 4.79 Å². The molecule has 2 aromatic rings. The summed E-state index contributed by atoms with van der Waals surface area (Å²) in [7, 11) is 0. The highest BCUT2D eigenvalue weighted by Crippen LogP contribution is 2.17. The Hall–Kier alpha value is -1.82. The van der Waals surface area contributed by atoms with Crippen LogP contribution in [0.15, 0.2) is 41.1 Å². The van der Waals surface area contributed by atoms with Gasteiger partial charge in [0.2, 0.25) is 0 Å². The van der Waals surface area contributed by atoms with Crippen molar-refractivity contribution < 1.29 is 9.90 Å². The lowest BCUT2D eigenvalue weighted by Gasteiger charge is -2.14. The molecule has 1 unspecified atom stereocenters. The SMILES string of the molecule is O=C(O)NC(Cc1ccccc1)c1nc(Br)c[nH]1. The molecule has 0 saturated heterocycles. The Morgan fingerprint density at radius 2 is 2.17 bits per heavy atom. The molecule has 0 bridgehead atoms. The van der Waals surface area contributed by atoms with E-state index in [0.717, 1.165) is 5.56 Å². The lowest BCUT2D eigenvalue weighted by molar-refractivity contribution is 0.189. The van der Waals surface area contributed by atoms with Gasteiger partial charge in [0.15, 0.2) is 0 Å². The van der Waals surface area contributed by atoms with Crippen molar-refractivity contribution in [2.24, 2.45) is 0 Å². The molecule has 6 heteroatoms. The highest BCUT2D eigenvalue weighted by molar-refractivity contribution is 9.10. The third-order valence-corrected chi connectivity index (χ3v) is 2.88. The molecule has 0 saturated carbocycles. The van der Waals surface area contributed by atoms with Crippen LogP contribution in [0, 0.1) is 0 Å². The van der Waals surface area contributed by atoms with Gasteiger partial charge in [-0.15, -0.1) is 0 Å². The maximum atomic E-state index is 10.8. The minimum Gasteiger partial charge on any atom is -0.465 e. The van der Waals surface area contributed by atoms with Crippen molar-refractivity contribution in [2.75, 3.05) is 0 Å². The molecule has 94 valence electrons. The fraction of sp³-hybridized carbons (Fsp3) is 0.167. The number of aromatic amines is 1. The van der Waals surface area contributed by atoms with E-state index in [2.05, 4.69) is 31.2 Å². The topological polar surface area (TPSA) is 78.0 Å². The zero-order valence-corrected chi connectivity index (χ0v) is 11.0. The third-order valence-electron chi connectivity index (χ3n) is 2.48. The average Bonchev–Trinajstić information content (AvgIpc) is 2.76. The van der Waals surface area contributed by atoms with Crippen molar-refractivity contribution in [3.63, 3.8) is 0 Å². The van der Waals surface area contributed by atoms with Crippen molar-refractivity contribution in [1.82, 2.24) is 15.3 Å². The summed E-state index contributed by atoms with van der Waals surface area (Å²) >= 11 is 3.23. The molecular weight excluding hydrogens is 298 g/mol. The van der Waals surface area contributed by atoms with Crippen LogP contribution in [-0.2, 0) is 6.42 Å². The minimum absolute atomic E-state index is 0.392. The van der Waals surface area contributed by atoms with Gasteiger partial charge < -0.3 is 15.4 Å². The van der Waals surface area contributed by atoms with E-state index in [1.807, 2.05) is 30.3 Å². The number of imidazole rings is 1.